The van der Waals surface area contributed by atoms with Crippen molar-refractivity contribution in [2.45, 2.75) is 20.8 Å². The number of carbonyl (C=O) groups is 1. The Morgan fingerprint density at radius 1 is 1.00 bits per heavy atom. The SMILES string of the molecule is CCOc1cc(C(=O)Nn2cnc3ccccc32)cc(OCC)c1OCC. The highest BCUT2D eigenvalue weighted by molar-refractivity contribution is 6.01. The number of fused-ring (bicyclic) bond motifs is 1. The van der Waals surface area contributed by atoms with E-state index < -0.39 is 0 Å². The minimum absolute atomic E-state index is 0.303. The van der Waals surface area contributed by atoms with Gasteiger partial charge in [0.15, 0.2) is 11.5 Å². The van der Waals surface area contributed by atoms with E-state index in [1.54, 1.807) is 23.1 Å². The van der Waals surface area contributed by atoms with Crippen molar-refractivity contribution in [1.82, 2.24) is 9.66 Å². The fraction of sp³-hybridized carbons (Fsp3) is 0.300. The second-order valence-electron chi connectivity index (χ2n) is 5.64. The molecule has 0 spiro atoms. The zero-order valence-electron chi connectivity index (χ0n) is 15.7. The number of rotatable bonds is 8. The summed E-state index contributed by atoms with van der Waals surface area (Å²) in [6.07, 6.45) is 1.57. The van der Waals surface area contributed by atoms with Crippen molar-refractivity contribution in [3.05, 3.63) is 48.3 Å². The van der Waals surface area contributed by atoms with Gasteiger partial charge in [-0.1, -0.05) is 12.1 Å². The molecule has 3 aromatic rings. The van der Waals surface area contributed by atoms with Gasteiger partial charge >= 0.3 is 0 Å². The standard InChI is InChI=1S/C20H23N3O4/c1-4-25-17-11-14(12-18(26-5-2)19(17)27-6-3)20(24)22-23-13-21-15-9-7-8-10-16(15)23/h7-13H,4-6H2,1-3H3,(H,22,24). The molecule has 0 aliphatic heterocycles. The summed E-state index contributed by atoms with van der Waals surface area (Å²) in [4.78, 5) is 17.1. The Balaban J connectivity index is 1.95. The van der Waals surface area contributed by atoms with Crippen molar-refractivity contribution >= 4 is 16.9 Å². The normalized spacial score (nSPS) is 10.6. The van der Waals surface area contributed by atoms with E-state index in [0.717, 1.165) is 11.0 Å². The van der Waals surface area contributed by atoms with E-state index in [4.69, 9.17) is 14.2 Å². The molecule has 0 saturated heterocycles. The average Bonchev–Trinajstić information content (AvgIpc) is 3.07. The first-order valence-corrected chi connectivity index (χ1v) is 8.97. The van der Waals surface area contributed by atoms with Crippen molar-refractivity contribution < 1.29 is 19.0 Å². The third kappa shape index (κ3) is 3.97. The van der Waals surface area contributed by atoms with Crippen molar-refractivity contribution in [2.75, 3.05) is 25.2 Å². The van der Waals surface area contributed by atoms with Gasteiger partial charge in [0.1, 0.15) is 6.33 Å². The van der Waals surface area contributed by atoms with Crippen molar-refractivity contribution in [3.63, 3.8) is 0 Å². The summed E-state index contributed by atoms with van der Waals surface area (Å²) in [6, 6.07) is 10.9. The molecule has 1 heterocycles. The summed E-state index contributed by atoms with van der Waals surface area (Å²) in [5.74, 6) is 1.16. The molecule has 0 aliphatic carbocycles. The molecule has 0 aliphatic rings. The van der Waals surface area contributed by atoms with Crippen LogP contribution in [0.15, 0.2) is 42.7 Å². The number of benzene rings is 2. The topological polar surface area (TPSA) is 74.6 Å². The zero-order chi connectivity index (χ0) is 19.2. The molecule has 142 valence electrons. The van der Waals surface area contributed by atoms with Crippen LogP contribution >= 0.6 is 0 Å². The third-order valence-electron chi connectivity index (χ3n) is 3.85. The van der Waals surface area contributed by atoms with Crippen molar-refractivity contribution in [2.24, 2.45) is 0 Å². The van der Waals surface area contributed by atoms with Crippen LogP contribution in [-0.4, -0.2) is 35.4 Å². The molecular weight excluding hydrogens is 346 g/mol. The molecule has 0 fully saturated rings. The number of nitrogens with one attached hydrogen (secondary N) is 1. The fourth-order valence-electron chi connectivity index (χ4n) is 2.74. The van der Waals surface area contributed by atoms with Gasteiger partial charge in [-0.25, -0.2) is 9.66 Å². The number of imidazole rings is 1. The van der Waals surface area contributed by atoms with Crippen LogP contribution in [-0.2, 0) is 0 Å². The van der Waals surface area contributed by atoms with E-state index in [9.17, 15) is 4.79 Å². The molecule has 1 N–H and O–H groups in total. The molecule has 7 heteroatoms. The molecule has 1 amide bonds. The molecule has 0 atom stereocenters. The van der Waals surface area contributed by atoms with Gasteiger partial charge in [0, 0.05) is 5.56 Å². The fourth-order valence-corrected chi connectivity index (χ4v) is 2.74. The number of ether oxygens (including phenoxy) is 3. The first kappa shape index (κ1) is 18.6. The summed E-state index contributed by atoms with van der Waals surface area (Å²) >= 11 is 0. The summed E-state index contributed by atoms with van der Waals surface area (Å²) < 4.78 is 18.6. The van der Waals surface area contributed by atoms with Crippen LogP contribution in [0.5, 0.6) is 17.2 Å². The van der Waals surface area contributed by atoms with Crippen molar-refractivity contribution in [1.29, 1.82) is 0 Å². The van der Waals surface area contributed by atoms with Crippen LogP contribution in [0.25, 0.3) is 11.0 Å². The molecule has 0 bridgehead atoms. The summed E-state index contributed by atoms with van der Waals surface area (Å²) in [5, 5.41) is 0. The van der Waals surface area contributed by atoms with E-state index in [1.165, 1.54) is 0 Å². The zero-order valence-corrected chi connectivity index (χ0v) is 15.7. The first-order chi connectivity index (χ1) is 13.2. The smallest absolute Gasteiger partial charge is 0.270 e. The second kappa shape index (κ2) is 8.44. The van der Waals surface area contributed by atoms with Gasteiger partial charge in [0.2, 0.25) is 5.75 Å². The molecule has 3 rings (SSSR count). The molecule has 0 radical (unpaired) electrons. The Bertz CT molecular complexity index is 909. The Hall–Kier alpha value is -3.22. The number of nitrogens with zero attached hydrogens (tertiary/aromatic N) is 2. The van der Waals surface area contributed by atoms with Gasteiger partial charge in [-0.05, 0) is 45.0 Å². The van der Waals surface area contributed by atoms with Gasteiger partial charge in [-0.3, -0.25) is 10.2 Å². The second-order valence-corrected chi connectivity index (χ2v) is 5.64. The highest BCUT2D eigenvalue weighted by Gasteiger charge is 2.19. The van der Waals surface area contributed by atoms with E-state index >= 15 is 0 Å². The maximum atomic E-state index is 12.8. The van der Waals surface area contributed by atoms with Crippen LogP contribution in [0.4, 0.5) is 0 Å². The lowest BCUT2D eigenvalue weighted by molar-refractivity contribution is 0.101. The van der Waals surface area contributed by atoms with Crippen LogP contribution in [0.3, 0.4) is 0 Å². The lowest BCUT2D eigenvalue weighted by Gasteiger charge is -2.17. The molecule has 7 nitrogen and oxygen atoms in total. The van der Waals surface area contributed by atoms with E-state index in [0.29, 0.717) is 42.6 Å². The largest absolute Gasteiger partial charge is 0.490 e. The number of para-hydroxylation sites is 2. The Kier molecular flexibility index (Phi) is 5.80. The Labute approximate surface area is 157 Å². The lowest BCUT2D eigenvalue weighted by Crippen LogP contribution is -2.22. The summed E-state index contributed by atoms with van der Waals surface area (Å²) in [6.45, 7) is 7.00. The minimum Gasteiger partial charge on any atom is -0.490 e. The molecular formula is C20H23N3O4. The quantitative estimate of drug-likeness (QED) is 0.656. The van der Waals surface area contributed by atoms with Crippen LogP contribution in [0.1, 0.15) is 31.1 Å². The van der Waals surface area contributed by atoms with Gasteiger partial charge in [0.25, 0.3) is 5.91 Å². The van der Waals surface area contributed by atoms with Crippen LogP contribution in [0, 0.1) is 0 Å². The molecule has 0 unspecified atom stereocenters. The van der Waals surface area contributed by atoms with Gasteiger partial charge in [-0.2, -0.15) is 0 Å². The number of carbonyl (C=O) groups excluding carboxylic acids is 1. The summed E-state index contributed by atoms with van der Waals surface area (Å²) in [7, 11) is 0. The predicted molar refractivity (Wildman–Crippen MR) is 103 cm³/mol. The maximum absolute atomic E-state index is 12.8. The van der Waals surface area contributed by atoms with Gasteiger partial charge in [-0.15, -0.1) is 0 Å². The van der Waals surface area contributed by atoms with Gasteiger partial charge < -0.3 is 14.2 Å². The number of aromatic nitrogens is 2. The van der Waals surface area contributed by atoms with Crippen molar-refractivity contribution in [3.8, 4) is 17.2 Å². The monoisotopic (exact) mass is 369 g/mol. The van der Waals surface area contributed by atoms with Crippen LogP contribution < -0.4 is 19.6 Å². The number of hydrogen-bond acceptors (Lipinski definition) is 5. The van der Waals surface area contributed by atoms with E-state index in [1.807, 2.05) is 45.0 Å². The van der Waals surface area contributed by atoms with E-state index in [-0.39, 0.29) is 5.91 Å². The molecule has 27 heavy (non-hydrogen) atoms. The average molecular weight is 369 g/mol. The summed E-state index contributed by atoms with van der Waals surface area (Å²) in [5.41, 5.74) is 4.85. The highest BCUT2D eigenvalue weighted by atomic mass is 16.5. The maximum Gasteiger partial charge on any atom is 0.270 e. The molecule has 0 saturated carbocycles. The highest BCUT2D eigenvalue weighted by Crippen LogP contribution is 2.39. The van der Waals surface area contributed by atoms with E-state index in [2.05, 4.69) is 10.4 Å². The van der Waals surface area contributed by atoms with Crippen LogP contribution in [0.2, 0.25) is 0 Å². The third-order valence-corrected chi connectivity index (χ3v) is 3.85. The minimum atomic E-state index is -0.303. The number of amides is 1. The Morgan fingerprint density at radius 3 is 2.26 bits per heavy atom. The van der Waals surface area contributed by atoms with Gasteiger partial charge in [0.05, 0.1) is 30.9 Å². The lowest BCUT2D eigenvalue weighted by atomic mass is 10.1. The molecule has 1 aromatic heterocycles. The first-order valence-electron chi connectivity index (χ1n) is 8.97. The number of hydrogen-bond donors (Lipinski definition) is 1. The molecule has 2 aromatic carbocycles. The Morgan fingerprint density at radius 2 is 1.63 bits per heavy atom. The predicted octanol–water partition coefficient (Wildman–Crippen LogP) is 3.62.